The summed E-state index contributed by atoms with van der Waals surface area (Å²) in [5.41, 5.74) is 2.18. The molecule has 5 heteroatoms. The van der Waals surface area contributed by atoms with Gasteiger partial charge in [0.1, 0.15) is 0 Å². The molecule has 0 bridgehead atoms. The first-order chi connectivity index (χ1) is 10.7. The van der Waals surface area contributed by atoms with Gasteiger partial charge >= 0.3 is 17.1 Å². The van der Waals surface area contributed by atoms with E-state index in [2.05, 4.69) is 12.2 Å². The molecule has 3 aromatic rings. The second kappa shape index (κ2) is 9.61. The average Bonchev–Trinajstić information content (AvgIpc) is 3.24. The van der Waals surface area contributed by atoms with Gasteiger partial charge in [0.2, 0.25) is 0 Å². The first-order valence-corrected chi connectivity index (χ1v) is 7.06. The van der Waals surface area contributed by atoms with E-state index in [1.807, 2.05) is 54.6 Å². The summed E-state index contributed by atoms with van der Waals surface area (Å²) in [6.45, 7) is 2.05. The molecule has 3 rings (SSSR count). The van der Waals surface area contributed by atoms with Crippen molar-refractivity contribution in [1.29, 1.82) is 0 Å². The molecular weight excluding hydrogens is 332 g/mol. The van der Waals surface area contributed by atoms with Gasteiger partial charge in [0, 0.05) is 23.9 Å². The van der Waals surface area contributed by atoms with Crippen LogP contribution < -0.4 is 5.32 Å². The van der Waals surface area contributed by atoms with E-state index in [0.717, 1.165) is 5.69 Å². The summed E-state index contributed by atoms with van der Waals surface area (Å²) in [4.78, 5) is 10.1. The van der Waals surface area contributed by atoms with Gasteiger partial charge < -0.3 is 5.32 Å². The second-order valence-electron chi connectivity index (χ2n) is 4.85. The number of nitro benzene ring substituents is 1. The fourth-order valence-corrected chi connectivity index (χ4v) is 2.01. The quantitative estimate of drug-likeness (QED) is 0.315. The maximum Gasteiger partial charge on any atom is 2.00 e. The number of benzene rings is 1. The Hall–Kier alpha value is -2.36. The summed E-state index contributed by atoms with van der Waals surface area (Å²) in [7, 11) is 0. The zero-order valence-corrected chi connectivity index (χ0v) is 13.8. The SMILES string of the molecule is CC(Nc1ccc([N+](=O)[O-])cc1)c1ccc[cH-]1.[Fe+2].c1cc[cH-]c1. The van der Waals surface area contributed by atoms with Crippen molar-refractivity contribution in [1.82, 2.24) is 0 Å². The van der Waals surface area contributed by atoms with Crippen molar-refractivity contribution in [3.05, 3.63) is 94.5 Å². The standard InChI is InChI=1S/C13H13N2O2.C5H5.Fe/c1-10(11-4-2-3-5-11)14-12-6-8-13(9-7-12)15(16)17;1-2-4-5-3-1;/h2-10,14H,1H3;1-5H;/q2*-1;+2. The van der Waals surface area contributed by atoms with Crippen molar-refractivity contribution < 1.29 is 22.0 Å². The molecule has 1 atom stereocenters. The molecule has 3 aromatic carbocycles. The molecule has 0 aliphatic heterocycles. The Morgan fingerprint density at radius 3 is 2.13 bits per heavy atom. The average molecular weight is 350 g/mol. The molecule has 1 unspecified atom stereocenters. The Bertz CT molecular complexity index is 644. The number of hydrogen-bond donors (Lipinski definition) is 1. The van der Waals surface area contributed by atoms with Crippen LogP contribution in [0.15, 0.2) is 78.9 Å². The molecule has 0 aliphatic rings. The minimum absolute atomic E-state index is 0. The second-order valence-corrected chi connectivity index (χ2v) is 4.85. The third-order valence-corrected chi connectivity index (χ3v) is 3.21. The molecule has 0 radical (unpaired) electrons. The van der Waals surface area contributed by atoms with E-state index in [1.54, 1.807) is 12.1 Å². The molecule has 120 valence electrons. The number of nitrogens with zero attached hydrogens (tertiary/aromatic N) is 1. The number of non-ortho nitro benzene ring substituents is 1. The normalized spacial score (nSPS) is 10.7. The zero-order valence-electron chi connectivity index (χ0n) is 12.7. The molecule has 0 fully saturated rings. The molecule has 23 heavy (non-hydrogen) atoms. The van der Waals surface area contributed by atoms with Gasteiger partial charge in [-0.15, -0.1) is 5.56 Å². The summed E-state index contributed by atoms with van der Waals surface area (Å²) < 4.78 is 0. The number of anilines is 1. The Labute approximate surface area is 146 Å². The van der Waals surface area contributed by atoms with Crippen LogP contribution in [-0.2, 0) is 17.1 Å². The largest absolute Gasteiger partial charge is 2.00 e. The predicted molar refractivity (Wildman–Crippen MR) is 89.2 cm³/mol. The zero-order chi connectivity index (χ0) is 15.8. The fraction of sp³-hybridized carbons (Fsp3) is 0.111. The van der Waals surface area contributed by atoms with Crippen molar-refractivity contribution >= 4 is 11.4 Å². The van der Waals surface area contributed by atoms with Crippen molar-refractivity contribution in [2.45, 2.75) is 13.0 Å². The summed E-state index contributed by atoms with van der Waals surface area (Å²) in [5.74, 6) is 0. The topological polar surface area (TPSA) is 55.2 Å². The first-order valence-electron chi connectivity index (χ1n) is 7.06. The van der Waals surface area contributed by atoms with E-state index in [1.165, 1.54) is 17.7 Å². The van der Waals surface area contributed by atoms with Crippen molar-refractivity contribution in [2.24, 2.45) is 0 Å². The van der Waals surface area contributed by atoms with Crippen LogP contribution in [0.2, 0.25) is 0 Å². The van der Waals surface area contributed by atoms with Gasteiger partial charge in [-0.1, -0.05) is 0 Å². The third-order valence-electron chi connectivity index (χ3n) is 3.21. The molecule has 0 spiro atoms. The van der Waals surface area contributed by atoms with Crippen LogP contribution in [0.1, 0.15) is 18.5 Å². The van der Waals surface area contributed by atoms with Gasteiger partial charge in [0.05, 0.1) is 4.92 Å². The van der Waals surface area contributed by atoms with Gasteiger partial charge in [0.15, 0.2) is 0 Å². The third kappa shape index (κ3) is 6.10. The van der Waals surface area contributed by atoms with E-state index in [-0.39, 0.29) is 28.8 Å². The summed E-state index contributed by atoms with van der Waals surface area (Å²) in [6, 6.07) is 24.7. The van der Waals surface area contributed by atoms with E-state index < -0.39 is 4.92 Å². The Morgan fingerprint density at radius 2 is 1.70 bits per heavy atom. The van der Waals surface area contributed by atoms with Gasteiger partial charge in [-0.3, -0.25) is 10.1 Å². The van der Waals surface area contributed by atoms with Crippen LogP contribution in [0.5, 0.6) is 0 Å². The number of rotatable bonds is 4. The van der Waals surface area contributed by atoms with Gasteiger partial charge in [-0.25, -0.2) is 24.3 Å². The Morgan fingerprint density at radius 1 is 1.04 bits per heavy atom. The van der Waals surface area contributed by atoms with E-state index in [0.29, 0.717) is 0 Å². The van der Waals surface area contributed by atoms with Crippen molar-refractivity contribution in [2.75, 3.05) is 5.32 Å². The summed E-state index contributed by atoms with van der Waals surface area (Å²) in [6.07, 6.45) is 0. The first kappa shape index (κ1) is 18.7. The minimum Gasteiger partial charge on any atom is -0.381 e. The summed E-state index contributed by atoms with van der Waals surface area (Å²) in [5, 5.41) is 13.8. The molecular formula is C18H18FeN2O2. The fourth-order valence-electron chi connectivity index (χ4n) is 2.01. The van der Waals surface area contributed by atoms with E-state index in [4.69, 9.17) is 0 Å². The predicted octanol–water partition coefficient (Wildman–Crippen LogP) is 4.89. The monoisotopic (exact) mass is 350 g/mol. The number of hydrogen-bond acceptors (Lipinski definition) is 3. The van der Waals surface area contributed by atoms with Crippen LogP contribution >= 0.6 is 0 Å². The molecule has 4 nitrogen and oxygen atoms in total. The maximum atomic E-state index is 10.5. The van der Waals surface area contributed by atoms with Gasteiger partial charge in [-0.2, -0.15) is 30.3 Å². The molecule has 1 N–H and O–H groups in total. The van der Waals surface area contributed by atoms with E-state index in [9.17, 15) is 10.1 Å². The van der Waals surface area contributed by atoms with Crippen LogP contribution in [-0.4, -0.2) is 4.92 Å². The molecule has 0 aromatic heterocycles. The van der Waals surface area contributed by atoms with Crippen LogP contribution in [0.25, 0.3) is 0 Å². The Kier molecular flexibility index (Phi) is 7.81. The molecule has 0 aliphatic carbocycles. The van der Waals surface area contributed by atoms with Gasteiger partial charge in [0.25, 0.3) is 5.69 Å². The van der Waals surface area contributed by atoms with Crippen LogP contribution in [0.3, 0.4) is 0 Å². The van der Waals surface area contributed by atoms with Crippen LogP contribution in [0.4, 0.5) is 11.4 Å². The van der Waals surface area contributed by atoms with E-state index >= 15 is 0 Å². The smallest absolute Gasteiger partial charge is 0.381 e. The molecule has 0 saturated carbocycles. The number of nitro groups is 1. The maximum absolute atomic E-state index is 10.5. The minimum atomic E-state index is -0.398. The van der Waals surface area contributed by atoms with Gasteiger partial charge in [-0.05, 0) is 19.1 Å². The summed E-state index contributed by atoms with van der Waals surface area (Å²) >= 11 is 0. The number of nitrogens with one attached hydrogen (secondary N) is 1. The van der Waals surface area contributed by atoms with Crippen molar-refractivity contribution in [3.8, 4) is 0 Å². The van der Waals surface area contributed by atoms with Crippen LogP contribution in [0, 0.1) is 10.1 Å². The molecule has 0 heterocycles. The molecule has 0 amide bonds. The Balaban J connectivity index is 0.000000377. The van der Waals surface area contributed by atoms with Crippen molar-refractivity contribution in [3.63, 3.8) is 0 Å². The molecule has 0 saturated heterocycles.